The highest BCUT2D eigenvalue weighted by atomic mass is 32.2. The number of halogens is 3. The van der Waals surface area contributed by atoms with Crippen LogP contribution in [0.3, 0.4) is 0 Å². The molecule has 1 amide bonds. The zero-order valence-corrected chi connectivity index (χ0v) is 24.7. The number of carbonyl (C=O) groups is 2. The van der Waals surface area contributed by atoms with Gasteiger partial charge in [0.15, 0.2) is 0 Å². The molecule has 9 heteroatoms. The van der Waals surface area contributed by atoms with Crippen molar-refractivity contribution < 1.29 is 27.9 Å². The van der Waals surface area contributed by atoms with Crippen molar-refractivity contribution in [3.8, 4) is 11.1 Å². The minimum absolute atomic E-state index is 0.0842. The summed E-state index contributed by atoms with van der Waals surface area (Å²) >= 11 is 3.18. The summed E-state index contributed by atoms with van der Waals surface area (Å²) in [5.41, 5.74) is 3.02. The Morgan fingerprint density at radius 1 is 0.975 bits per heavy atom. The molecule has 0 radical (unpaired) electrons. The molecule has 3 aromatic rings. The van der Waals surface area contributed by atoms with Gasteiger partial charge in [0.2, 0.25) is 0 Å². The predicted molar refractivity (Wildman–Crippen MR) is 157 cm³/mol. The molecule has 216 valence electrons. The molecular weight excluding hydrogens is 555 g/mol. The number of amides is 1. The lowest BCUT2D eigenvalue weighted by Crippen LogP contribution is -2.25. The molecule has 0 bridgehead atoms. The number of carbonyl (C=O) groups excluding carboxylic acids is 1. The first-order chi connectivity index (χ1) is 19.0. The molecular formula is C31H36F3NO3S2. The minimum Gasteiger partial charge on any atom is -0.481 e. The number of hydrogen-bond acceptors (Lipinski definition) is 4. The molecule has 1 unspecified atom stereocenters. The van der Waals surface area contributed by atoms with E-state index in [1.54, 1.807) is 17.8 Å². The smallest absolute Gasteiger partial charge is 0.416 e. The van der Waals surface area contributed by atoms with Gasteiger partial charge in [0.25, 0.3) is 5.91 Å². The molecule has 0 spiro atoms. The second kappa shape index (κ2) is 14.7. The number of thioether (sulfide) groups is 1. The van der Waals surface area contributed by atoms with Crippen LogP contribution < -0.4 is 5.32 Å². The summed E-state index contributed by atoms with van der Waals surface area (Å²) < 4.78 is 39.1. The molecule has 40 heavy (non-hydrogen) atoms. The normalized spacial score (nSPS) is 12.3. The highest BCUT2D eigenvalue weighted by molar-refractivity contribution is 7.99. The molecule has 0 saturated heterocycles. The number of hydrogen-bond donors (Lipinski definition) is 2. The molecule has 0 aliphatic carbocycles. The van der Waals surface area contributed by atoms with Gasteiger partial charge >= 0.3 is 12.1 Å². The largest absolute Gasteiger partial charge is 0.481 e. The highest BCUT2D eigenvalue weighted by Gasteiger charge is 2.30. The lowest BCUT2D eigenvalue weighted by Gasteiger charge is -2.18. The lowest BCUT2D eigenvalue weighted by atomic mass is 9.95. The number of rotatable bonds is 14. The van der Waals surface area contributed by atoms with Gasteiger partial charge in [-0.15, -0.1) is 23.1 Å². The van der Waals surface area contributed by atoms with E-state index in [1.165, 1.54) is 42.7 Å². The van der Waals surface area contributed by atoms with Crippen molar-refractivity contribution in [3.05, 3.63) is 75.0 Å². The summed E-state index contributed by atoms with van der Waals surface area (Å²) in [6, 6.07) is 13.2. The molecule has 0 aliphatic heterocycles. The van der Waals surface area contributed by atoms with E-state index in [-0.39, 0.29) is 24.1 Å². The maximum Gasteiger partial charge on any atom is 0.416 e. The molecule has 0 aliphatic rings. The van der Waals surface area contributed by atoms with Gasteiger partial charge in [0.1, 0.15) is 0 Å². The zero-order chi connectivity index (χ0) is 29.3. The molecule has 0 fully saturated rings. The van der Waals surface area contributed by atoms with Crippen LogP contribution in [0.15, 0.2) is 53.4 Å². The van der Waals surface area contributed by atoms with Crippen LogP contribution in [0, 0.1) is 13.8 Å². The number of aliphatic carboxylic acids is 1. The summed E-state index contributed by atoms with van der Waals surface area (Å²) in [7, 11) is 0. The van der Waals surface area contributed by atoms with E-state index in [0.29, 0.717) is 4.88 Å². The number of benzene rings is 2. The summed E-state index contributed by atoms with van der Waals surface area (Å²) in [6.45, 7) is 6.23. The van der Waals surface area contributed by atoms with Crippen LogP contribution in [0.2, 0.25) is 0 Å². The maximum atomic E-state index is 13.0. The fourth-order valence-corrected chi connectivity index (χ4v) is 7.17. The van der Waals surface area contributed by atoms with Crippen molar-refractivity contribution in [2.24, 2.45) is 0 Å². The summed E-state index contributed by atoms with van der Waals surface area (Å²) in [4.78, 5) is 26.0. The van der Waals surface area contributed by atoms with Crippen LogP contribution in [0.25, 0.3) is 11.1 Å². The first kappa shape index (κ1) is 31.7. The van der Waals surface area contributed by atoms with Gasteiger partial charge in [-0.3, -0.25) is 9.59 Å². The lowest BCUT2D eigenvalue weighted by molar-refractivity contribution is -0.138. The van der Waals surface area contributed by atoms with Crippen LogP contribution >= 0.6 is 23.1 Å². The average Bonchev–Trinajstić information content (AvgIpc) is 3.37. The van der Waals surface area contributed by atoms with Crippen molar-refractivity contribution in [3.63, 3.8) is 0 Å². The molecule has 4 nitrogen and oxygen atoms in total. The Morgan fingerprint density at radius 2 is 1.62 bits per heavy atom. The fraction of sp³-hybridized carbons (Fsp3) is 0.419. The maximum absolute atomic E-state index is 13.0. The predicted octanol–water partition coefficient (Wildman–Crippen LogP) is 9.45. The van der Waals surface area contributed by atoms with Gasteiger partial charge in [-0.05, 0) is 78.9 Å². The standard InChI is InChI=1S/C31H36F3NO3S2/c1-4-5-6-7-8-9-25(26-14-15-27(40-26)30(38)35-17-16-28(36)37)39-24-18-20(2)29(21(3)19-24)22-10-12-23(13-11-22)31(32,33)34/h10-15,18-19,25H,4-9,16-17H2,1-3H3,(H,35,38)(H,36,37). The van der Waals surface area contributed by atoms with Crippen LogP contribution in [-0.4, -0.2) is 23.5 Å². The van der Waals surface area contributed by atoms with E-state index in [9.17, 15) is 22.8 Å². The van der Waals surface area contributed by atoms with Crippen molar-refractivity contribution in [2.75, 3.05) is 6.54 Å². The first-order valence-corrected chi connectivity index (χ1v) is 15.2. The topological polar surface area (TPSA) is 66.4 Å². The summed E-state index contributed by atoms with van der Waals surface area (Å²) in [5, 5.41) is 11.6. The Morgan fingerprint density at radius 3 is 2.23 bits per heavy atom. The van der Waals surface area contributed by atoms with E-state index in [2.05, 4.69) is 24.4 Å². The second-order valence-corrected chi connectivity index (χ2v) is 12.3. The third kappa shape index (κ3) is 9.13. The second-order valence-electron chi connectivity index (χ2n) is 9.92. The third-order valence-corrected chi connectivity index (χ3v) is 9.28. The van der Waals surface area contributed by atoms with Crippen LogP contribution in [0.5, 0.6) is 0 Å². The monoisotopic (exact) mass is 591 g/mol. The number of aryl methyl sites for hydroxylation is 2. The molecule has 1 atom stereocenters. The average molecular weight is 592 g/mol. The number of carboxylic acid groups (broad SMARTS) is 1. The number of carboxylic acids is 1. The zero-order valence-electron chi connectivity index (χ0n) is 23.1. The van der Waals surface area contributed by atoms with E-state index in [1.807, 2.05) is 19.9 Å². The summed E-state index contributed by atoms with van der Waals surface area (Å²) in [6.07, 6.45) is 2.25. The molecule has 1 heterocycles. The van der Waals surface area contributed by atoms with Crippen LogP contribution in [0.1, 0.15) is 88.4 Å². The van der Waals surface area contributed by atoms with Gasteiger partial charge in [0, 0.05) is 21.6 Å². The minimum atomic E-state index is -4.37. The van der Waals surface area contributed by atoms with Crippen LogP contribution in [-0.2, 0) is 11.0 Å². The Kier molecular flexibility index (Phi) is 11.7. The number of nitrogens with one attached hydrogen (secondary N) is 1. The van der Waals surface area contributed by atoms with Gasteiger partial charge in [-0.1, -0.05) is 51.2 Å². The van der Waals surface area contributed by atoms with Crippen molar-refractivity contribution in [1.29, 1.82) is 0 Å². The van der Waals surface area contributed by atoms with E-state index in [0.717, 1.165) is 63.4 Å². The third-order valence-electron chi connectivity index (χ3n) is 6.65. The fourth-order valence-electron chi connectivity index (χ4n) is 4.65. The van der Waals surface area contributed by atoms with E-state index >= 15 is 0 Å². The van der Waals surface area contributed by atoms with Gasteiger partial charge < -0.3 is 10.4 Å². The molecule has 2 aromatic carbocycles. The molecule has 2 N–H and O–H groups in total. The quantitative estimate of drug-likeness (QED) is 0.145. The SMILES string of the molecule is CCCCCCCC(Sc1cc(C)c(-c2ccc(C(F)(F)F)cc2)c(C)c1)c1ccc(C(=O)NCCC(=O)O)s1. The Labute approximate surface area is 242 Å². The molecule has 3 rings (SSSR count). The van der Waals surface area contributed by atoms with Crippen molar-refractivity contribution in [2.45, 2.75) is 82.0 Å². The van der Waals surface area contributed by atoms with Crippen molar-refractivity contribution >= 4 is 35.0 Å². The van der Waals surface area contributed by atoms with Gasteiger partial charge in [-0.25, -0.2) is 0 Å². The Bertz CT molecular complexity index is 1260. The number of alkyl halides is 3. The van der Waals surface area contributed by atoms with E-state index in [4.69, 9.17) is 5.11 Å². The Balaban J connectivity index is 1.80. The summed E-state index contributed by atoms with van der Waals surface area (Å²) in [5.74, 6) is -1.22. The van der Waals surface area contributed by atoms with Crippen molar-refractivity contribution in [1.82, 2.24) is 5.32 Å². The van der Waals surface area contributed by atoms with Gasteiger partial charge in [-0.2, -0.15) is 13.2 Å². The van der Waals surface area contributed by atoms with E-state index < -0.39 is 17.7 Å². The highest BCUT2D eigenvalue weighted by Crippen LogP contribution is 2.44. The molecule has 1 aromatic heterocycles. The first-order valence-electron chi connectivity index (χ1n) is 13.5. The van der Waals surface area contributed by atoms with Crippen LogP contribution in [0.4, 0.5) is 13.2 Å². The molecule has 0 saturated carbocycles. The number of unbranched alkanes of at least 4 members (excludes halogenated alkanes) is 4. The Hall–Kier alpha value is -2.78. The number of thiophene rings is 1. The van der Waals surface area contributed by atoms with Gasteiger partial charge in [0.05, 0.1) is 16.9 Å².